The highest BCUT2D eigenvalue weighted by atomic mass is 35.5. The van der Waals surface area contributed by atoms with Crippen LogP contribution in [0, 0.1) is 0 Å². The van der Waals surface area contributed by atoms with Crippen molar-refractivity contribution in [2.75, 3.05) is 7.11 Å². The summed E-state index contributed by atoms with van der Waals surface area (Å²) in [5.74, 6) is 0.445. The minimum atomic E-state index is -1.32. The first-order chi connectivity index (χ1) is 14.2. The topological polar surface area (TPSA) is 66.2 Å². The fraction of sp³-hybridized carbons (Fsp3) is 0.318. The van der Waals surface area contributed by atoms with Gasteiger partial charge in [0, 0.05) is 22.8 Å². The molecule has 2 aromatic carbocycles. The van der Waals surface area contributed by atoms with Crippen LogP contribution in [-0.2, 0) is 17.3 Å². The molecule has 158 valence electrons. The van der Waals surface area contributed by atoms with Crippen molar-refractivity contribution in [2.24, 2.45) is 0 Å². The van der Waals surface area contributed by atoms with Crippen molar-refractivity contribution in [1.82, 2.24) is 15.0 Å². The quantitative estimate of drug-likeness (QED) is 0.350. The molecule has 0 aliphatic rings. The molecular weight excluding hydrogens is 418 g/mol. The van der Waals surface area contributed by atoms with Crippen LogP contribution in [-0.4, -0.2) is 36.1 Å². The van der Waals surface area contributed by atoms with Crippen LogP contribution in [0.15, 0.2) is 42.5 Å². The summed E-state index contributed by atoms with van der Waals surface area (Å²) in [6.45, 7) is 9.07. The van der Waals surface area contributed by atoms with Crippen LogP contribution < -0.4 is 4.74 Å². The molecule has 3 rings (SSSR count). The van der Waals surface area contributed by atoms with Crippen LogP contribution in [0.4, 0.5) is 0 Å². The van der Waals surface area contributed by atoms with Crippen LogP contribution >= 0.6 is 11.6 Å². The Morgan fingerprint density at radius 2 is 1.83 bits per heavy atom. The molecule has 0 saturated carbocycles. The van der Waals surface area contributed by atoms with E-state index in [1.165, 1.54) is 7.11 Å². The first kappa shape index (κ1) is 22.1. The number of methoxy groups -OCH3 is 1. The van der Waals surface area contributed by atoms with Gasteiger partial charge in [-0.25, -0.2) is 4.79 Å². The zero-order valence-corrected chi connectivity index (χ0v) is 19.7. The Kier molecular flexibility index (Phi) is 6.63. The van der Waals surface area contributed by atoms with Crippen molar-refractivity contribution in [3.05, 3.63) is 58.7 Å². The fourth-order valence-electron chi connectivity index (χ4n) is 3.15. The molecule has 0 amide bonds. The van der Waals surface area contributed by atoms with Gasteiger partial charge in [0.2, 0.25) is 0 Å². The maximum atomic E-state index is 12.0. The Labute approximate surface area is 182 Å². The maximum Gasteiger partial charge on any atom is 0.341 e. The Morgan fingerprint density at radius 3 is 2.43 bits per heavy atom. The summed E-state index contributed by atoms with van der Waals surface area (Å²) in [5.41, 5.74) is 3.31. The van der Waals surface area contributed by atoms with E-state index in [0.29, 0.717) is 22.1 Å². The van der Waals surface area contributed by atoms with Gasteiger partial charge < -0.3 is 9.47 Å². The average molecular weight is 444 g/mol. The molecule has 0 N–H and O–H groups in total. The number of carbonyl (C=O) groups is 1. The molecule has 3 aromatic rings. The van der Waals surface area contributed by atoms with E-state index < -0.39 is 14.0 Å². The van der Waals surface area contributed by atoms with E-state index in [1.54, 1.807) is 18.2 Å². The smallest absolute Gasteiger partial charge is 0.341 e. The third-order valence-electron chi connectivity index (χ3n) is 4.50. The summed E-state index contributed by atoms with van der Waals surface area (Å²) in [6.07, 6.45) is 1.80. The van der Waals surface area contributed by atoms with Crippen molar-refractivity contribution in [1.29, 1.82) is 0 Å². The van der Waals surface area contributed by atoms with Crippen molar-refractivity contribution in [3.63, 3.8) is 0 Å². The standard InChI is InChI=1S/C22H26ClN3O3Si/c1-6-19-21(24-25-26(19)14-30(3,4)5)15-7-10-17(11-8-15)29-20-13-16(23)9-12-18(20)22(27)28-2/h7-13H,6,14H2,1-5H3. The second kappa shape index (κ2) is 9.02. The molecular formula is C22H26ClN3O3Si. The number of halogens is 1. The first-order valence-corrected chi connectivity index (χ1v) is 13.9. The van der Waals surface area contributed by atoms with Crippen molar-refractivity contribution in [2.45, 2.75) is 39.2 Å². The fourth-order valence-corrected chi connectivity index (χ4v) is 4.47. The number of aromatic nitrogens is 3. The van der Waals surface area contributed by atoms with Crippen LogP contribution in [0.5, 0.6) is 11.5 Å². The van der Waals surface area contributed by atoms with E-state index >= 15 is 0 Å². The molecule has 6 nitrogen and oxygen atoms in total. The monoisotopic (exact) mass is 443 g/mol. The van der Waals surface area contributed by atoms with Gasteiger partial charge in [-0.05, 0) is 42.8 Å². The van der Waals surface area contributed by atoms with Gasteiger partial charge in [-0.3, -0.25) is 4.68 Å². The summed E-state index contributed by atoms with van der Waals surface area (Å²) < 4.78 is 12.8. The van der Waals surface area contributed by atoms with Gasteiger partial charge in [0.05, 0.1) is 20.9 Å². The molecule has 0 fully saturated rings. The van der Waals surface area contributed by atoms with Gasteiger partial charge in [0.15, 0.2) is 0 Å². The lowest BCUT2D eigenvalue weighted by atomic mass is 10.1. The Balaban J connectivity index is 1.87. The van der Waals surface area contributed by atoms with Gasteiger partial charge in [0.1, 0.15) is 22.8 Å². The number of rotatable bonds is 7. The van der Waals surface area contributed by atoms with E-state index in [2.05, 4.69) is 36.9 Å². The number of hydrogen-bond acceptors (Lipinski definition) is 5. The molecule has 8 heteroatoms. The number of hydrogen-bond donors (Lipinski definition) is 0. The molecule has 0 bridgehead atoms. The van der Waals surface area contributed by atoms with Gasteiger partial charge in [0.25, 0.3) is 0 Å². The Hall–Kier alpha value is -2.64. The van der Waals surface area contributed by atoms with E-state index in [9.17, 15) is 4.79 Å². The second-order valence-corrected chi connectivity index (χ2v) is 14.1. The minimum absolute atomic E-state index is 0.313. The predicted octanol–water partition coefficient (Wildman–Crippen LogP) is 5.62. The third-order valence-corrected chi connectivity index (χ3v) is 5.98. The van der Waals surface area contributed by atoms with E-state index in [1.807, 2.05) is 28.9 Å². The van der Waals surface area contributed by atoms with E-state index in [4.69, 9.17) is 21.1 Å². The van der Waals surface area contributed by atoms with Gasteiger partial charge in [-0.1, -0.05) is 43.4 Å². The van der Waals surface area contributed by atoms with Crippen LogP contribution in [0.2, 0.25) is 24.7 Å². The zero-order valence-electron chi connectivity index (χ0n) is 17.9. The lowest BCUT2D eigenvalue weighted by Gasteiger charge is -2.17. The summed E-state index contributed by atoms with van der Waals surface area (Å²) >= 11 is 6.07. The normalized spacial score (nSPS) is 11.4. The van der Waals surface area contributed by atoms with Crippen molar-refractivity contribution in [3.8, 4) is 22.8 Å². The van der Waals surface area contributed by atoms with E-state index in [0.717, 1.165) is 29.5 Å². The average Bonchev–Trinajstić information content (AvgIpc) is 3.09. The number of esters is 1. The first-order valence-electron chi connectivity index (χ1n) is 9.80. The minimum Gasteiger partial charge on any atom is -0.465 e. The largest absolute Gasteiger partial charge is 0.465 e. The molecule has 1 aromatic heterocycles. The molecule has 0 saturated heterocycles. The Morgan fingerprint density at radius 1 is 1.13 bits per heavy atom. The summed E-state index contributed by atoms with van der Waals surface area (Å²) in [5, 5.41) is 9.30. The molecule has 0 spiro atoms. The Bertz CT molecular complexity index is 1040. The number of nitrogens with zero attached hydrogens (tertiary/aromatic N) is 3. The zero-order chi connectivity index (χ0) is 21.9. The summed E-state index contributed by atoms with van der Waals surface area (Å²) in [7, 11) is 0.0133. The highest BCUT2D eigenvalue weighted by Crippen LogP contribution is 2.31. The summed E-state index contributed by atoms with van der Waals surface area (Å²) in [6, 6.07) is 12.4. The summed E-state index contributed by atoms with van der Waals surface area (Å²) in [4.78, 5) is 12.0. The number of carbonyl (C=O) groups excluding carboxylic acids is 1. The van der Waals surface area contributed by atoms with Crippen LogP contribution in [0.3, 0.4) is 0 Å². The lowest BCUT2D eigenvalue weighted by molar-refractivity contribution is 0.0598. The van der Waals surface area contributed by atoms with Gasteiger partial charge in [-0.2, -0.15) is 0 Å². The molecule has 30 heavy (non-hydrogen) atoms. The SMILES string of the molecule is CCc1c(-c2ccc(Oc3cc(Cl)ccc3C(=O)OC)cc2)nnn1C[Si](C)(C)C. The van der Waals surface area contributed by atoms with Gasteiger partial charge >= 0.3 is 5.97 Å². The maximum absolute atomic E-state index is 12.0. The number of benzene rings is 2. The molecule has 1 heterocycles. The molecule has 0 unspecified atom stereocenters. The second-order valence-electron chi connectivity index (χ2n) is 8.22. The van der Waals surface area contributed by atoms with Crippen molar-refractivity contribution < 1.29 is 14.3 Å². The molecule has 0 radical (unpaired) electrons. The van der Waals surface area contributed by atoms with E-state index in [-0.39, 0.29) is 0 Å². The van der Waals surface area contributed by atoms with Crippen molar-refractivity contribution >= 4 is 25.6 Å². The molecule has 0 atom stereocenters. The predicted molar refractivity (Wildman–Crippen MR) is 121 cm³/mol. The molecule has 0 aliphatic carbocycles. The number of ether oxygens (including phenoxy) is 2. The van der Waals surface area contributed by atoms with Crippen LogP contribution in [0.25, 0.3) is 11.3 Å². The van der Waals surface area contributed by atoms with Gasteiger partial charge in [-0.15, -0.1) is 5.10 Å². The van der Waals surface area contributed by atoms with Crippen LogP contribution in [0.1, 0.15) is 23.0 Å². The third kappa shape index (κ3) is 5.09. The lowest BCUT2D eigenvalue weighted by Crippen LogP contribution is -2.29. The highest BCUT2D eigenvalue weighted by molar-refractivity contribution is 6.74. The highest BCUT2D eigenvalue weighted by Gasteiger charge is 2.20. The molecule has 0 aliphatic heterocycles.